The van der Waals surface area contributed by atoms with Crippen molar-refractivity contribution in [3.05, 3.63) is 70.0 Å². The van der Waals surface area contributed by atoms with Crippen LogP contribution in [-0.4, -0.2) is 9.91 Å². The molecule has 0 N–H and O–H groups in total. The molecule has 5 heteroatoms. The minimum Gasteiger partial charge on any atom is -0.258 e. The van der Waals surface area contributed by atoms with E-state index in [2.05, 4.69) is 20.9 Å². The standard InChI is InChI=1S/C13H11BrN2O2/c14-12(10-4-2-1-3-5-10)8-11-6-7-15-9-13(11)16(17)18/h1-7,9,12H,8H2. The van der Waals surface area contributed by atoms with Gasteiger partial charge < -0.3 is 0 Å². The fourth-order valence-corrected chi connectivity index (χ4v) is 2.38. The van der Waals surface area contributed by atoms with Gasteiger partial charge in [-0.1, -0.05) is 46.3 Å². The number of rotatable bonds is 4. The van der Waals surface area contributed by atoms with Crippen molar-refractivity contribution in [2.24, 2.45) is 0 Å². The maximum Gasteiger partial charge on any atom is 0.290 e. The fraction of sp³-hybridized carbons (Fsp3) is 0.154. The molecule has 0 radical (unpaired) electrons. The molecule has 18 heavy (non-hydrogen) atoms. The van der Waals surface area contributed by atoms with Crippen molar-refractivity contribution in [2.45, 2.75) is 11.2 Å². The molecule has 92 valence electrons. The van der Waals surface area contributed by atoms with Crippen LogP contribution in [0.4, 0.5) is 5.69 Å². The fourth-order valence-electron chi connectivity index (χ4n) is 1.72. The highest BCUT2D eigenvalue weighted by atomic mass is 79.9. The Hall–Kier alpha value is -1.75. The van der Waals surface area contributed by atoms with Gasteiger partial charge in [0.15, 0.2) is 0 Å². The van der Waals surface area contributed by atoms with Crippen LogP contribution in [0.2, 0.25) is 0 Å². The van der Waals surface area contributed by atoms with Crippen LogP contribution < -0.4 is 0 Å². The molecule has 1 heterocycles. The monoisotopic (exact) mass is 306 g/mol. The van der Waals surface area contributed by atoms with Crippen molar-refractivity contribution < 1.29 is 4.92 Å². The van der Waals surface area contributed by atoms with Gasteiger partial charge in [-0.05, 0) is 18.1 Å². The van der Waals surface area contributed by atoms with Crippen LogP contribution in [0, 0.1) is 10.1 Å². The quantitative estimate of drug-likeness (QED) is 0.492. The summed E-state index contributed by atoms with van der Waals surface area (Å²) < 4.78 is 0. The van der Waals surface area contributed by atoms with Crippen molar-refractivity contribution in [3.8, 4) is 0 Å². The van der Waals surface area contributed by atoms with Crippen molar-refractivity contribution in [1.82, 2.24) is 4.98 Å². The molecular formula is C13H11BrN2O2. The van der Waals surface area contributed by atoms with E-state index in [1.54, 1.807) is 12.3 Å². The maximum absolute atomic E-state index is 10.9. The Morgan fingerprint density at radius 1 is 1.28 bits per heavy atom. The van der Waals surface area contributed by atoms with Crippen LogP contribution in [0.15, 0.2) is 48.8 Å². The molecule has 0 spiro atoms. The Labute approximate surface area is 113 Å². The van der Waals surface area contributed by atoms with E-state index in [4.69, 9.17) is 0 Å². The first kappa shape index (κ1) is 12.7. The van der Waals surface area contributed by atoms with Gasteiger partial charge in [-0.3, -0.25) is 15.1 Å². The molecule has 1 unspecified atom stereocenters. The average molecular weight is 307 g/mol. The first-order valence-electron chi connectivity index (χ1n) is 5.45. The smallest absolute Gasteiger partial charge is 0.258 e. The number of aromatic nitrogens is 1. The predicted molar refractivity (Wildman–Crippen MR) is 72.7 cm³/mol. The number of nitro groups is 1. The Morgan fingerprint density at radius 2 is 2.00 bits per heavy atom. The average Bonchev–Trinajstić information content (AvgIpc) is 2.40. The second kappa shape index (κ2) is 5.73. The van der Waals surface area contributed by atoms with Crippen LogP contribution in [-0.2, 0) is 6.42 Å². The summed E-state index contributed by atoms with van der Waals surface area (Å²) in [4.78, 5) is 14.3. The molecule has 0 saturated carbocycles. The molecule has 2 aromatic rings. The van der Waals surface area contributed by atoms with Gasteiger partial charge in [-0.15, -0.1) is 0 Å². The van der Waals surface area contributed by atoms with Gasteiger partial charge in [0, 0.05) is 16.6 Å². The summed E-state index contributed by atoms with van der Waals surface area (Å²) in [5, 5.41) is 10.9. The number of pyridine rings is 1. The number of nitrogens with zero attached hydrogens (tertiary/aromatic N) is 2. The summed E-state index contributed by atoms with van der Waals surface area (Å²) >= 11 is 3.56. The van der Waals surface area contributed by atoms with E-state index < -0.39 is 4.92 Å². The van der Waals surface area contributed by atoms with E-state index in [1.165, 1.54) is 6.20 Å². The zero-order chi connectivity index (χ0) is 13.0. The minimum atomic E-state index is -0.396. The van der Waals surface area contributed by atoms with Gasteiger partial charge in [0.25, 0.3) is 5.69 Å². The lowest BCUT2D eigenvalue weighted by molar-refractivity contribution is -0.385. The zero-order valence-corrected chi connectivity index (χ0v) is 11.1. The van der Waals surface area contributed by atoms with E-state index in [1.807, 2.05) is 30.3 Å². The minimum absolute atomic E-state index is 0.0554. The number of hydrogen-bond donors (Lipinski definition) is 0. The second-order valence-electron chi connectivity index (χ2n) is 3.84. The molecular weight excluding hydrogens is 296 g/mol. The van der Waals surface area contributed by atoms with Crippen LogP contribution in [0.25, 0.3) is 0 Å². The zero-order valence-electron chi connectivity index (χ0n) is 9.49. The summed E-state index contributed by atoms with van der Waals surface area (Å²) in [6.07, 6.45) is 3.43. The SMILES string of the molecule is O=[N+]([O-])c1cnccc1CC(Br)c1ccccc1. The lowest BCUT2D eigenvalue weighted by Gasteiger charge is -2.10. The third kappa shape index (κ3) is 2.92. The summed E-state index contributed by atoms with van der Waals surface area (Å²) in [7, 11) is 0. The van der Waals surface area contributed by atoms with E-state index in [-0.39, 0.29) is 10.5 Å². The van der Waals surface area contributed by atoms with Crippen molar-refractivity contribution in [3.63, 3.8) is 0 Å². The van der Waals surface area contributed by atoms with Gasteiger partial charge in [0.2, 0.25) is 0 Å². The molecule has 0 amide bonds. The third-order valence-corrected chi connectivity index (χ3v) is 3.50. The van der Waals surface area contributed by atoms with E-state index >= 15 is 0 Å². The second-order valence-corrected chi connectivity index (χ2v) is 4.95. The molecule has 1 aromatic heterocycles. The van der Waals surface area contributed by atoms with E-state index in [9.17, 15) is 10.1 Å². The van der Waals surface area contributed by atoms with Crippen LogP contribution in [0.3, 0.4) is 0 Å². The summed E-state index contributed by atoms with van der Waals surface area (Å²) in [6.45, 7) is 0. The Bertz CT molecular complexity index is 546. The molecule has 2 rings (SSSR count). The van der Waals surface area contributed by atoms with Gasteiger partial charge in [0.05, 0.1) is 4.92 Å². The molecule has 1 aromatic carbocycles. The first-order valence-corrected chi connectivity index (χ1v) is 6.36. The summed E-state index contributed by atoms with van der Waals surface area (Å²) in [6, 6.07) is 11.5. The first-order chi connectivity index (χ1) is 8.68. The Balaban J connectivity index is 2.22. The predicted octanol–water partition coefficient (Wildman–Crippen LogP) is 3.67. The van der Waals surface area contributed by atoms with E-state index in [0.717, 1.165) is 5.56 Å². The van der Waals surface area contributed by atoms with Crippen molar-refractivity contribution >= 4 is 21.6 Å². The van der Waals surface area contributed by atoms with Crippen LogP contribution in [0.5, 0.6) is 0 Å². The lowest BCUT2D eigenvalue weighted by Crippen LogP contribution is -2.00. The lowest BCUT2D eigenvalue weighted by atomic mass is 10.0. The van der Waals surface area contributed by atoms with E-state index in [0.29, 0.717) is 12.0 Å². The number of alkyl halides is 1. The van der Waals surface area contributed by atoms with Gasteiger partial charge in [-0.25, -0.2) is 0 Å². The van der Waals surface area contributed by atoms with Gasteiger partial charge >= 0.3 is 0 Å². The number of halogens is 1. The Morgan fingerprint density at radius 3 is 2.67 bits per heavy atom. The topological polar surface area (TPSA) is 56.0 Å². The highest BCUT2D eigenvalue weighted by Crippen LogP contribution is 2.29. The molecule has 0 bridgehead atoms. The number of benzene rings is 1. The third-order valence-electron chi connectivity index (χ3n) is 2.64. The molecule has 0 aliphatic rings. The number of hydrogen-bond acceptors (Lipinski definition) is 3. The molecule has 4 nitrogen and oxygen atoms in total. The van der Waals surface area contributed by atoms with Crippen molar-refractivity contribution in [1.29, 1.82) is 0 Å². The molecule has 0 aliphatic heterocycles. The van der Waals surface area contributed by atoms with Crippen LogP contribution in [0.1, 0.15) is 16.0 Å². The van der Waals surface area contributed by atoms with Gasteiger partial charge in [0.1, 0.15) is 6.20 Å². The maximum atomic E-state index is 10.9. The summed E-state index contributed by atoms with van der Waals surface area (Å²) in [5.41, 5.74) is 1.85. The normalized spacial score (nSPS) is 12.1. The summed E-state index contributed by atoms with van der Waals surface area (Å²) in [5.74, 6) is 0. The van der Waals surface area contributed by atoms with Crippen LogP contribution >= 0.6 is 15.9 Å². The molecule has 0 saturated heterocycles. The Kier molecular flexibility index (Phi) is 4.04. The molecule has 1 atom stereocenters. The highest BCUT2D eigenvalue weighted by Gasteiger charge is 2.17. The molecule has 0 aliphatic carbocycles. The highest BCUT2D eigenvalue weighted by molar-refractivity contribution is 9.09. The largest absolute Gasteiger partial charge is 0.290 e. The van der Waals surface area contributed by atoms with Gasteiger partial charge in [-0.2, -0.15) is 0 Å². The van der Waals surface area contributed by atoms with Crippen molar-refractivity contribution in [2.75, 3.05) is 0 Å². The molecule has 0 fully saturated rings.